The zero-order valence-corrected chi connectivity index (χ0v) is 14.2. The molecule has 2 aromatic rings. The molecule has 0 aliphatic heterocycles. The van der Waals surface area contributed by atoms with E-state index in [1.807, 2.05) is 19.2 Å². The van der Waals surface area contributed by atoms with E-state index in [2.05, 4.69) is 36.4 Å². The number of aliphatic hydroxyl groups is 1. The predicted molar refractivity (Wildman–Crippen MR) is 89.6 cm³/mol. The third-order valence-electron chi connectivity index (χ3n) is 4.56. The summed E-state index contributed by atoms with van der Waals surface area (Å²) >= 11 is 0. The standard InChI is InChI=1S/C18H25N3O2/c1-11(2)16-14(18(23-4)21(3)20-16)10-19-17-13-8-6-5-7-12(13)9-15(17)22/h5-8,11,15,17,19,22H,9-10H2,1-4H3/t15-,17+/m0/s1. The maximum atomic E-state index is 10.4. The molecule has 0 spiro atoms. The lowest BCUT2D eigenvalue weighted by atomic mass is 10.0. The number of benzene rings is 1. The Morgan fingerprint density at radius 2 is 2.13 bits per heavy atom. The monoisotopic (exact) mass is 315 g/mol. The van der Waals surface area contributed by atoms with Crippen molar-refractivity contribution in [1.82, 2.24) is 15.1 Å². The smallest absolute Gasteiger partial charge is 0.216 e. The summed E-state index contributed by atoms with van der Waals surface area (Å²) in [5.41, 5.74) is 4.52. The highest BCUT2D eigenvalue weighted by molar-refractivity contribution is 5.38. The van der Waals surface area contributed by atoms with Crippen LogP contribution in [0, 0.1) is 0 Å². The largest absolute Gasteiger partial charge is 0.481 e. The summed E-state index contributed by atoms with van der Waals surface area (Å²) in [5.74, 6) is 1.10. The molecule has 0 unspecified atom stereocenters. The highest BCUT2D eigenvalue weighted by atomic mass is 16.5. The Morgan fingerprint density at radius 3 is 2.83 bits per heavy atom. The first kappa shape index (κ1) is 16.0. The fraction of sp³-hybridized carbons (Fsp3) is 0.500. The van der Waals surface area contributed by atoms with Gasteiger partial charge in [0.1, 0.15) is 0 Å². The lowest BCUT2D eigenvalue weighted by Crippen LogP contribution is -2.28. The first-order chi connectivity index (χ1) is 11.0. The van der Waals surface area contributed by atoms with Crippen molar-refractivity contribution in [1.29, 1.82) is 0 Å². The number of aromatic nitrogens is 2. The molecule has 1 aliphatic rings. The van der Waals surface area contributed by atoms with Crippen molar-refractivity contribution in [3.63, 3.8) is 0 Å². The molecular formula is C18H25N3O2. The summed E-state index contributed by atoms with van der Waals surface area (Å²) in [7, 11) is 3.57. The molecule has 0 fully saturated rings. The van der Waals surface area contributed by atoms with Gasteiger partial charge in [-0.1, -0.05) is 38.1 Å². The summed E-state index contributed by atoms with van der Waals surface area (Å²) in [5, 5.41) is 18.5. The van der Waals surface area contributed by atoms with Gasteiger partial charge in [0.15, 0.2) is 0 Å². The zero-order chi connectivity index (χ0) is 16.6. The Bertz CT molecular complexity index is 694. The third kappa shape index (κ3) is 2.86. The average molecular weight is 315 g/mol. The van der Waals surface area contributed by atoms with Gasteiger partial charge in [-0.25, -0.2) is 4.68 Å². The number of nitrogens with one attached hydrogen (secondary N) is 1. The number of aryl methyl sites for hydroxylation is 1. The molecule has 5 heteroatoms. The van der Waals surface area contributed by atoms with Crippen LogP contribution in [0.1, 0.15) is 48.2 Å². The Labute approximate surface area is 137 Å². The van der Waals surface area contributed by atoms with E-state index in [-0.39, 0.29) is 6.04 Å². The fourth-order valence-electron chi connectivity index (χ4n) is 3.49. The fourth-order valence-corrected chi connectivity index (χ4v) is 3.49. The van der Waals surface area contributed by atoms with Crippen molar-refractivity contribution in [3.05, 3.63) is 46.6 Å². The molecule has 1 aromatic heterocycles. The number of hydrogen-bond donors (Lipinski definition) is 2. The minimum Gasteiger partial charge on any atom is -0.481 e. The van der Waals surface area contributed by atoms with Gasteiger partial charge in [-0.15, -0.1) is 0 Å². The number of rotatable bonds is 5. The summed E-state index contributed by atoms with van der Waals surface area (Å²) in [6, 6.07) is 8.18. The SMILES string of the molecule is COc1c(CN[C@@H]2c3ccccc3C[C@@H]2O)c(C(C)C)nn1C. The molecule has 0 saturated heterocycles. The Hall–Kier alpha value is -1.85. The Morgan fingerprint density at radius 1 is 1.39 bits per heavy atom. The van der Waals surface area contributed by atoms with Crippen molar-refractivity contribution in [2.45, 2.75) is 44.9 Å². The van der Waals surface area contributed by atoms with Crippen LogP contribution in [-0.4, -0.2) is 28.1 Å². The molecule has 2 atom stereocenters. The van der Waals surface area contributed by atoms with E-state index in [9.17, 15) is 5.11 Å². The van der Waals surface area contributed by atoms with Gasteiger partial charge in [-0.3, -0.25) is 0 Å². The van der Waals surface area contributed by atoms with Gasteiger partial charge in [-0.05, 0) is 17.0 Å². The second-order valence-electron chi connectivity index (χ2n) is 6.48. The van der Waals surface area contributed by atoms with Crippen molar-refractivity contribution in [3.8, 4) is 5.88 Å². The van der Waals surface area contributed by atoms with Gasteiger partial charge >= 0.3 is 0 Å². The van der Waals surface area contributed by atoms with Crippen LogP contribution in [0.25, 0.3) is 0 Å². The number of fused-ring (bicyclic) bond motifs is 1. The van der Waals surface area contributed by atoms with E-state index in [0.717, 1.165) is 17.1 Å². The highest BCUT2D eigenvalue weighted by Crippen LogP contribution is 2.33. The van der Waals surface area contributed by atoms with Gasteiger partial charge in [0.2, 0.25) is 5.88 Å². The predicted octanol–water partition coefficient (Wildman–Crippen LogP) is 2.30. The third-order valence-corrected chi connectivity index (χ3v) is 4.56. The van der Waals surface area contributed by atoms with Crippen LogP contribution in [0.4, 0.5) is 0 Å². The molecule has 5 nitrogen and oxygen atoms in total. The minimum absolute atomic E-state index is 0.0453. The van der Waals surface area contributed by atoms with Gasteiger partial charge in [0, 0.05) is 20.0 Å². The van der Waals surface area contributed by atoms with Crippen LogP contribution in [-0.2, 0) is 20.0 Å². The first-order valence-corrected chi connectivity index (χ1v) is 8.12. The second kappa shape index (κ2) is 6.34. The van der Waals surface area contributed by atoms with Gasteiger partial charge in [-0.2, -0.15) is 5.10 Å². The summed E-state index contributed by atoms with van der Waals surface area (Å²) < 4.78 is 7.30. The number of nitrogens with zero attached hydrogens (tertiary/aromatic N) is 2. The molecule has 23 heavy (non-hydrogen) atoms. The number of ether oxygens (including phenoxy) is 1. The second-order valence-corrected chi connectivity index (χ2v) is 6.48. The van der Waals surface area contributed by atoms with Crippen LogP contribution in [0.2, 0.25) is 0 Å². The molecular weight excluding hydrogens is 290 g/mol. The molecule has 0 saturated carbocycles. The van der Waals surface area contributed by atoms with Gasteiger partial charge in [0.05, 0.1) is 30.5 Å². The number of hydrogen-bond acceptors (Lipinski definition) is 4. The zero-order valence-electron chi connectivity index (χ0n) is 14.2. The molecule has 1 heterocycles. The quantitative estimate of drug-likeness (QED) is 0.889. The maximum absolute atomic E-state index is 10.4. The lowest BCUT2D eigenvalue weighted by molar-refractivity contribution is 0.140. The molecule has 0 radical (unpaired) electrons. The normalized spacial score (nSPS) is 20.1. The molecule has 1 aliphatic carbocycles. The van der Waals surface area contributed by atoms with Crippen molar-refractivity contribution in [2.24, 2.45) is 7.05 Å². The van der Waals surface area contributed by atoms with Crippen LogP contribution in [0.5, 0.6) is 5.88 Å². The van der Waals surface area contributed by atoms with Crippen LogP contribution < -0.4 is 10.1 Å². The van der Waals surface area contributed by atoms with Crippen molar-refractivity contribution < 1.29 is 9.84 Å². The topological polar surface area (TPSA) is 59.3 Å². The highest BCUT2D eigenvalue weighted by Gasteiger charge is 2.31. The van der Waals surface area contributed by atoms with Gasteiger partial charge in [0.25, 0.3) is 0 Å². The van der Waals surface area contributed by atoms with Crippen LogP contribution in [0.3, 0.4) is 0 Å². The van der Waals surface area contributed by atoms with Crippen LogP contribution in [0.15, 0.2) is 24.3 Å². The van der Waals surface area contributed by atoms with E-state index in [4.69, 9.17) is 4.74 Å². The average Bonchev–Trinajstić information content (AvgIpc) is 3.01. The lowest BCUT2D eigenvalue weighted by Gasteiger charge is -2.19. The molecule has 1 aromatic carbocycles. The van der Waals surface area contributed by atoms with Gasteiger partial charge < -0.3 is 15.2 Å². The van der Waals surface area contributed by atoms with E-state index in [1.54, 1.807) is 11.8 Å². The molecule has 3 rings (SSSR count). The van der Waals surface area contributed by atoms with Crippen LogP contribution >= 0.6 is 0 Å². The molecule has 124 valence electrons. The van der Waals surface area contributed by atoms with Crippen molar-refractivity contribution in [2.75, 3.05) is 7.11 Å². The number of methoxy groups -OCH3 is 1. The summed E-state index contributed by atoms with van der Waals surface area (Å²) in [6.45, 7) is 4.89. The van der Waals surface area contributed by atoms with Crippen molar-refractivity contribution >= 4 is 0 Å². The van der Waals surface area contributed by atoms with E-state index < -0.39 is 6.10 Å². The molecule has 0 bridgehead atoms. The molecule has 0 amide bonds. The maximum Gasteiger partial charge on any atom is 0.216 e. The van der Waals surface area contributed by atoms with E-state index in [1.165, 1.54) is 11.1 Å². The Balaban J connectivity index is 1.84. The Kier molecular flexibility index (Phi) is 4.41. The van der Waals surface area contributed by atoms with E-state index in [0.29, 0.717) is 18.9 Å². The minimum atomic E-state index is -0.391. The summed E-state index contributed by atoms with van der Waals surface area (Å²) in [4.78, 5) is 0. The molecule has 2 N–H and O–H groups in total. The summed E-state index contributed by atoms with van der Waals surface area (Å²) in [6.07, 6.45) is 0.312. The number of aliphatic hydroxyl groups excluding tert-OH is 1. The first-order valence-electron chi connectivity index (χ1n) is 8.12. The van der Waals surface area contributed by atoms with E-state index >= 15 is 0 Å².